The Balaban J connectivity index is 1.27. The maximum Gasteiger partial charge on any atom is 0.331 e. The van der Waals surface area contributed by atoms with E-state index in [2.05, 4.69) is 6.92 Å². The first-order chi connectivity index (χ1) is 19.6. The summed E-state index contributed by atoms with van der Waals surface area (Å²) in [6.45, 7) is 3.11. The minimum atomic E-state index is -1.05. The lowest BCUT2D eigenvalue weighted by Crippen LogP contribution is -2.68. The van der Waals surface area contributed by atoms with Crippen LogP contribution in [0.25, 0.3) is 0 Å². The van der Waals surface area contributed by atoms with Gasteiger partial charge in [-0.25, -0.2) is 4.79 Å². The number of aliphatic hydroxyl groups excluding tert-OH is 1. The summed E-state index contributed by atoms with van der Waals surface area (Å²) in [5.74, 6) is 1.33. The van der Waals surface area contributed by atoms with Crippen molar-refractivity contribution >= 4 is 12.2 Å². The number of cyclic esters (lactones) is 1. The van der Waals surface area contributed by atoms with Crippen molar-refractivity contribution in [3.63, 3.8) is 0 Å². The van der Waals surface area contributed by atoms with Crippen molar-refractivity contribution in [2.24, 2.45) is 33.6 Å². The van der Waals surface area contributed by atoms with Crippen molar-refractivity contribution in [2.45, 2.75) is 88.4 Å². The van der Waals surface area contributed by atoms with Crippen LogP contribution in [-0.4, -0.2) is 72.2 Å². The summed E-state index contributed by atoms with van der Waals surface area (Å²) in [5.41, 5.74) is -0.750. The van der Waals surface area contributed by atoms with Crippen molar-refractivity contribution < 1.29 is 34.3 Å². The minimum absolute atomic E-state index is 0.0256. The average Bonchev–Trinajstić information content (AvgIpc) is 3.50. The fourth-order valence-electron chi connectivity index (χ4n) is 9.82. The molecule has 5 aliphatic rings. The van der Waals surface area contributed by atoms with Gasteiger partial charge in [-0.2, -0.15) is 0 Å². The summed E-state index contributed by atoms with van der Waals surface area (Å²) in [4.78, 5) is 16.8. The van der Waals surface area contributed by atoms with Crippen LogP contribution in [0, 0.1) is 28.6 Å². The molecule has 0 unspecified atom stereocenters. The van der Waals surface area contributed by atoms with E-state index in [1.54, 1.807) is 20.3 Å². The average molecular weight is 568 g/mol. The third-order valence-electron chi connectivity index (χ3n) is 11.9. The third-order valence-corrected chi connectivity index (χ3v) is 11.9. The number of carbonyl (C=O) groups is 1. The molecule has 6 rings (SSSR count). The quantitative estimate of drug-likeness (QED) is 0.336. The molecule has 4 fully saturated rings. The number of carbonyl (C=O) groups excluding carboxylic acids is 1. The predicted molar refractivity (Wildman–Crippen MR) is 154 cm³/mol. The zero-order valence-electron chi connectivity index (χ0n) is 24.6. The fourth-order valence-corrected chi connectivity index (χ4v) is 9.82. The maximum absolute atomic E-state index is 12.6. The highest BCUT2D eigenvalue weighted by atomic mass is 16.5. The maximum atomic E-state index is 12.6. The summed E-state index contributed by atoms with van der Waals surface area (Å²) in [6, 6.07) is 5.90. The summed E-state index contributed by atoms with van der Waals surface area (Å²) in [6.07, 6.45) is 10.00. The molecule has 0 spiro atoms. The van der Waals surface area contributed by atoms with Gasteiger partial charge in [-0.15, -0.1) is 0 Å². The molecule has 8 heteroatoms. The Hall–Kier alpha value is -2.42. The Morgan fingerprint density at radius 2 is 1.80 bits per heavy atom. The Morgan fingerprint density at radius 3 is 2.54 bits per heavy atom. The van der Waals surface area contributed by atoms with Gasteiger partial charge in [-0.05, 0) is 98.8 Å². The molecule has 4 aliphatic carbocycles. The van der Waals surface area contributed by atoms with E-state index in [1.807, 2.05) is 24.4 Å². The first kappa shape index (κ1) is 28.7. The van der Waals surface area contributed by atoms with E-state index in [1.165, 1.54) is 0 Å². The molecule has 41 heavy (non-hydrogen) atoms. The summed E-state index contributed by atoms with van der Waals surface area (Å²) in [5, 5.41) is 35.4. The zero-order valence-corrected chi connectivity index (χ0v) is 24.6. The van der Waals surface area contributed by atoms with Crippen molar-refractivity contribution in [1.82, 2.24) is 0 Å². The van der Waals surface area contributed by atoms with Gasteiger partial charge in [0.25, 0.3) is 0 Å². The molecule has 0 aromatic heterocycles. The van der Waals surface area contributed by atoms with Gasteiger partial charge < -0.3 is 29.5 Å². The number of hydrogen-bond donors (Lipinski definition) is 3. The molecule has 224 valence electrons. The van der Waals surface area contributed by atoms with Gasteiger partial charge in [0.05, 0.1) is 31.5 Å². The number of esters is 1. The third kappa shape index (κ3) is 4.35. The molecule has 8 nitrogen and oxygen atoms in total. The van der Waals surface area contributed by atoms with Crippen LogP contribution in [0.3, 0.4) is 0 Å². The second-order valence-corrected chi connectivity index (χ2v) is 13.5. The SMILES string of the molecule is COc1ccc(CCN=C[C@]23CC[C@H](O)C[C@]2(O)CC[C@@H]2[C@@H]3CC[C@]3(C)[C@@H](C4=CC(=O)OC4)CC[C@@]23O)cc1OC. The van der Waals surface area contributed by atoms with Crippen molar-refractivity contribution in [1.29, 1.82) is 0 Å². The smallest absolute Gasteiger partial charge is 0.331 e. The number of fused-ring (bicyclic) bond motifs is 5. The van der Waals surface area contributed by atoms with Crippen LogP contribution in [0.4, 0.5) is 0 Å². The molecule has 4 saturated carbocycles. The molecular formula is C33H45NO7. The second-order valence-electron chi connectivity index (χ2n) is 13.5. The van der Waals surface area contributed by atoms with Crippen LogP contribution in [0.2, 0.25) is 0 Å². The number of ether oxygens (including phenoxy) is 3. The minimum Gasteiger partial charge on any atom is -0.493 e. The Labute approximate surface area is 242 Å². The summed E-state index contributed by atoms with van der Waals surface area (Å²) < 4.78 is 16.1. The topological polar surface area (TPSA) is 118 Å². The van der Waals surface area contributed by atoms with E-state index in [0.717, 1.165) is 43.2 Å². The van der Waals surface area contributed by atoms with Crippen LogP contribution in [0.1, 0.15) is 70.3 Å². The second kappa shape index (κ2) is 10.4. The van der Waals surface area contributed by atoms with E-state index in [-0.39, 0.29) is 29.1 Å². The van der Waals surface area contributed by atoms with Gasteiger partial charge in [0.2, 0.25) is 0 Å². The molecule has 0 bridgehead atoms. The summed E-state index contributed by atoms with van der Waals surface area (Å²) >= 11 is 0. The largest absolute Gasteiger partial charge is 0.493 e. The van der Waals surface area contributed by atoms with Gasteiger partial charge in [-0.3, -0.25) is 4.99 Å². The molecule has 1 aromatic rings. The molecule has 0 saturated heterocycles. The van der Waals surface area contributed by atoms with Gasteiger partial charge in [0.1, 0.15) is 6.61 Å². The molecular weight excluding hydrogens is 522 g/mol. The van der Waals surface area contributed by atoms with Crippen molar-refractivity contribution in [2.75, 3.05) is 27.4 Å². The summed E-state index contributed by atoms with van der Waals surface area (Å²) in [7, 11) is 3.25. The molecule has 1 aliphatic heterocycles. The molecule has 8 atom stereocenters. The van der Waals surface area contributed by atoms with E-state index in [9.17, 15) is 20.1 Å². The monoisotopic (exact) mass is 567 g/mol. The number of benzene rings is 1. The number of aliphatic imine (C=N–C) groups is 1. The van der Waals surface area contributed by atoms with Gasteiger partial charge >= 0.3 is 5.97 Å². The number of nitrogens with zero attached hydrogens (tertiary/aromatic N) is 1. The lowest BCUT2D eigenvalue weighted by atomic mass is 9.41. The molecule has 1 aromatic carbocycles. The molecule has 3 N–H and O–H groups in total. The van der Waals surface area contributed by atoms with E-state index < -0.39 is 22.7 Å². The van der Waals surface area contributed by atoms with Crippen LogP contribution in [0.15, 0.2) is 34.8 Å². The Kier molecular flexibility index (Phi) is 7.27. The van der Waals surface area contributed by atoms with Crippen LogP contribution < -0.4 is 9.47 Å². The highest BCUT2D eigenvalue weighted by molar-refractivity contribution is 5.85. The van der Waals surface area contributed by atoms with Crippen LogP contribution in [0.5, 0.6) is 11.5 Å². The molecule has 0 radical (unpaired) electrons. The zero-order chi connectivity index (χ0) is 29.0. The Bertz CT molecular complexity index is 1250. The Morgan fingerprint density at radius 1 is 1.02 bits per heavy atom. The lowest BCUT2D eigenvalue weighted by Gasteiger charge is -2.65. The van der Waals surface area contributed by atoms with Crippen LogP contribution in [-0.2, 0) is 16.0 Å². The number of rotatable bonds is 7. The van der Waals surface area contributed by atoms with Gasteiger partial charge in [0.15, 0.2) is 11.5 Å². The highest BCUT2D eigenvalue weighted by Gasteiger charge is 2.71. The number of methoxy groups -OCH3 is 2. The predicted octanol–water partition coefficient (Wildman–Crippen LogP) is 4.03. The van der Waals surface area contributed by atoms with Gasteiger partial charge in [-0.1, -0.05) is 13.0 Å². The number of hydrogen-bond acceptors (Lipinski definition) is 8. The van der Waals surface area contributed by atoms with Crippen molar-refractivity contribution in [3.8, 4) is 11.5 Å². The molecule has 1 heterocycles. The number of aliphatic hydroxyl groups is 3. The standard InChI is InChI=1S/C33H45NO7/c1-30-11-7-25-26(33(30,38)14-9-24(30)22-17-29(36)41-19-22)8-13-32(37)18-23(35)6-12-31(25,32)20-34-15-10-21-4-5-27(39-2)28(16-21)40-3/h4-5,16-17,20,23-26,35,37-38H,6-15,18-19H2,1-3H3/t23-,24+,25-,26+,30+,31-,32+,33+/m0/s1. The highest BCUT2D eigenvalue weighted by Crippen LogP contribution is 2.70. The molecule has 0 amide bonds. The van der Waals surface area contributed by atoms with Gasteiger partial charge in [0, 0.05) is 36.1 Å². The van der Waals surface area contributed by atoms with E-state index in [4.69, 9.17) is 19.2 Å². The first-order valence-corrected chi connectivity index (χ1v) is 15.3. The normalized spacial score (nSPS) is 41.8. The van der Waals surface area contributed by atoms with E-state index >= 15 is 0 Å². The lowest BCUT2D eigenvalue weighted by molar-refractivity contribution is -0.237. The van der Waals surface area contributed by atoms with Crippen LogP contribution >= 0.6 is 0 Å². The first-order valence-electron chi connectivity index (χ1n) is 15.3. The fraction of sp³-hybridized carbons (Fsp3) is 0.697. The van der Waals surface area contributed by atoms with Crippen molar-refractivity contribution in [3.05, 3.63) is 35.4 Å². The van der Waals surface area contributed by atoms with E-state index in [0.29, 0.717) is 56.8 Å².